The number of aromatic nitrogens is 1. The smallest absolute Gasteiger partial charge is 0.0715 e. The van der Waals surface area contributed by atoms with Gasteiger partial charge in [-0.05, 0) is 142 Å². The molecule has 1 heteroatoms. The van der Waals surface area contributed by atoms with Gasteiger partial charge >= 0.3 is 0 Å². The molecule has 0 saturated heterocycles. The largest absolute Gasteiger partial charge is 0.248 e. The van der Waals surface area contributed by atoms with Gasteiger partial charge < -0.3 is 0 Å². The van der Waals surface area contributed by atoms with Crippen LogP contribution in [-0.4, -0.2) is 4.98 Å². The van der Waals surface area contributed by atoms with Gasteiger partial charge in [0.05, 0.1) is 16.8 Å². The maximum atomic E-state index is 5.35. The summed E-state index contributed by atoms with van der Waals surface area (Å²) in [5.41, 5.74) is 22.9. The van der Waals surface area contributed by atoms with E-state index in [1.165, 1.54) is 72.0 Å². The minimum Gasteiger partial charge on any atom is -0.248 e. The summed E-state index contributed by atoms with van der Waals surface area (Å²) >= 11 is 0. The molecule has 11 aromatic carbocycles. The van der Waals surface area contributed by atoms with E-state index in [4.69, 9.17) is 4.98 Å². The van der Waals surface area contributed by atoms with Crippen LogP contribution in [0.1, 0.15) is 22.3 Å². The Balaban J connectivity index is 0.971. The Morgan fingerprint density at radius 1 is 0.211 bits per heavy atom. The van der Waals surface area contributed by atoms with E-state index in [2.05, 4.69) is 285 Å². The van der Waals surface area contributed by atoms with Gasteiger partial charge in [0.2, 0.25) is 0 Å². The summed E-state index contributed by atoms with van der Waals surface area (Å²) in [5.74, 6) is 0. The van der Waals surface area contributed by atoms with Crippen molar-refractivity contribution in [2.24, 2.45) is 0 Å². The summed E-state index contributed by atoms with van der Waals surface area (Å²) in [6, 6.07) is 104. The fourth-order valence-corrected chi connectivity index (χ4v) is 11.1. The zero-order valence-electron chi connectivity index (χ0n) is 39.1. The van der Waals surface area contributed by atoms with Gasteiger partial charge in [-0.2, -0.15) is 0 Å². The number of pyridine rings is 1. The molecule has 0 N–H and O–H groups in total. The van der Waals surface area contributed by atoms with Crippen molar-refractivity contribution in [3.8, 4) is 89.3 Å². The predicted molar refractivity (Wildman–Crippen MR) is 297 cm³/mol. The molecule has 1 aliphatic rings. The Kier molecular flexibility index (Phi) is 10.5. The Hall–Kier alpha value is -9.17. The molecule has 0 spiro atoms. The minimum atomic E-state index is -0.527. The second kappa shape index (κ2) is 17.7. The van der Waals surface area contributed by atoms with Crippen molar-refractivity contribution in [2.45, 2.75) is 5.41 Å². The topological polar surface area (TPSA) is 12.9 Å². The number of hydrogen-bond donors (Lipinski definition) is 0. The summed E-state index contributed by atoms with van der Waals surface area (Å²) in [5, 5.41) is 2.46. The first-order valence-corrected chi connectivity index (χ1v) is 24.5. The van der Waals surface area contributed by atoms with Gasteiger partial charge in [-0.3, -0.25) is 0 Å². The van der Waals surface area contributed by atoms with Gasteiger partial charge in [-0.15, -0.1) is 0 Å². The van der Waals surface area contributed by atoms with Crippen LogP contribution in [-0.2, 0) is 5.41 Å². The lowest BCUT2D eigenvalue weighted by Crippen LogP contribution is -2.28. The van der Waals surface area contributed by atoms with E-state index in [-0.39, 0.29) is 0 Å². The lowest BCUT2D eigenvalue weighted by molar-refractivity contribution is 0.769. The summed E-state index contributed by atoms with van der Waals surface area (Å²) < 4.78 is 0. The molecule has 1 aromatic heterocycles. The quantitative estimate of drug-likeness (QED) is 0.141. The van der Waals surface area contributed by atoms with Crippen LogP contribution in [0.2, 0.25) is 0 Å². The first-order chi connectivity index (χ1) is 35.2. The van der Waals surface area contributed by atoms with Crippen molar-refractivity contribution in [2.75, 3.05) is 0 Å². The van der Waals surface area contributed by atoms with Crippen LogP contribution in [0.5, 0.6) is 0 Å². The second-order valence-electron chi connectivity index (χ2n) is 18.6. The molecule has 1 aliphatic carbocycles. The van der Waals surface area contributed by atoms with Crippen molar-refractivity contribution in [1.82, 2.24) is 4.98 Å². The van der Waals surface area contributed by atoms with Gasteiger partial charge in [0, 0.05) is 11.1 Å². The van der Waals surface area contributed by atoms with Crippen LogP contribution < -0.4 is 0 Å². The first kappa shape index (κ1) is 42.0. The molecule has 0 bridgehead atoms. The van der Waals surface area contributed by atoms with E-state index >= 15 is 0 Å². The fourth-order valence-electron chi connectivity index (χ4n) is 11.1. The van der Waals surface area contributed by atoms with Crippen molar-refractivity contribution >= 4 is 10.8 Å². The van der Waals surface area contributed by atoms with Gasteiger partial charge in [-0.25, -0.2) is 4.98 Å². The normalized spacial score (nSPS) is 12.3. The third-order valence-corrected chi connectivity index (χ3v) is 14.5. The van der Waals surface area contributed by atoms with E-state index in [9.17, 15) is 0 Å². The standard InChI is InChI=1S/C70H47N/c1-5-19-48(20-6-1)50-35-37-51(38-36-50)59-44-68(52-22-7-2-8-23-52)71-69(45-59)58-28-18-26-55(43-58)54-25-17-27-56(42-54)64-47-67-65(46-63(64)57-40-39-49-21-13-14-24-53(49)41-57)62-33-15-16-34-66(62)70(67,60-29-9-3-10-30-60)61-31-11-4-12-32-61/h1-47H. The minimum absolute atomic E-state index is 0.527. The average Bonchev–Trinajstić information content (AvgIpc) is 3.76. The van der Waals surface area contributed by atoms with Crippen LogP contribution in [0.25, 0.3) is 100 Å². The Bertz CT molecular complexity index is 3850. The Morgan fingerprint density at radius 3 is 1.34 bits per heavy atom. The van der Waals surface area contributed by atoms with E-state index in [1.54, 1.807) is 0 Å². The Morgan fingerprint density at radius 2 is 0.662 bits per heavy atom. The van der Waals surface area contributed by atoms with E-state index in [0.29, 0.717) is 0 Å². The number of nitrogens with zero attached hydrogens (tertiary/aromatic N) is 1. The molecule has 0 amide bonds. The van der Waals surface area contributed by atoms with Gasteiger partial charge in [0.25, 0.3) is 0 Å². The van der Waals surface area contributed by atoms with Crippen molar-refractivity contribution in [3.63, 3.8) is 0 Å². The van der Waals surface area contributed by atoms with Crippen LogP contribution in [0.15, 0.2) is 285 Å². The molecule has 0 atom stereocenters. The van der Waals surface area contributed by atoms with Crippen molar-refractivity contribution in [1.29, 1.82) is 0 Å². The van der Waals surface area contributed by atoms with Crippen LogP contribution in [0.3, 0.4) is 0 Å². The zero-order chi connectivity index (χ0) is 47.1. The summed E-state index contributed by atoms with van der Waals surface area (Å²) in [7, 11) is 0. The molecular weight excluding hydrogens is 855 g/mol. The average molecular weight is 902 g/mol. The lowest BCUT2D eigenvalue weighted by atomic mass is 9.67. The molecular formula is C70H47N. The molecule has 1 nitrogen and oxygen atoms in total. The summed E-state index contributed by atoms with van der Waals surface area (Å²) in [4.78, 5) is 5.35. The monoisotopic (exact) mass is 901 g/mol. The Labute approximate surface area is 415 Å². The van der Waals surface area contributed by atoms with E-state index in [0.717, 1.165) is 50.3 Å². The molecule has 0 aliphatic heterocycles. The number of benzene rings is 11. The van der Waals surface area contributed by atoms with Gasteiger partial charge in [0.1, 0.15) is 0 Å². The zero-order valence-corrected chi connectivity index (χ0v) is 39.1. The molecule has 1 heterocycles. The fraction of sp³-hybridized carbons (Fsp3) is 0.0143. The third-order valence-electron chi connectivity index (χ3n) is 14.5. The number of hydrogen-bond acceptors (Lipinski definition) is 1. The molecule has 0 saturated carbocycles. The highest BCUT2D eigenvalue weighted by molar-refractivity contribution is 5.98. The van der Waals surface area contributed by atoms with Gasteiger partial charge in [-0.1, -0.05) is 243 Å². The SMILES string of the molecule is c1ccc(-c2ccc(-c3cc(-c4ccccc4)nc(-c4cccc(-c5cccc(-c6cc7c(cc6-c6ccc8ccccc8c6)-c6ccccc6C7(c6ccccc6)c6ccccc6)c5)c4)c3)cc2)cc1. The van der Waals surface area contributed by atoms with Crippen LogP contribution in [0, 0.1) is 0 Å². The predicted octanol–water partition coefficient (Wildman–Crippen LogP) is 18.3. The highest BCUT2D eigenvalue weighted by atomic mass is 14.7. The molecule has 13 rings (SSSR count). The number of fused-ring (bicyclic) bond motifs is 4. The van der Waals surface area contributed by atoms with Crippen LogP contribution >= 0.6 is 0 Å². The highest BCUT2D eigenvalue weighted by Gasteiger charge is 2.46. The van der Waals surface area contributed by atoms with Gasteiger partial charge in [0.15, 0.2) is 0 Å². The first-order valence-electron chi connectivity index (χ1n) is 24.5. The highest BCUT2D eigenvalue weighted by Crippen LogP contribution is 2.58. The molecule has 0 fully saturated rings. The molecule has 332 valence electrons. The lowest BCUT2D eigenvalue weighted by Gasteiger charge is -2.34. The van der Waals surface area contributed by atoms with Crippen molar-refractivity contribution < 1.29 is 0 Å². The maximum absolute atomic E-state index is 5.35. The van der Waals surface area contributed by atoms with Crippen LogP contribution in [0.4, 0.5) is 0 Å². The third kappa shape index (κ3) is 7.47. The number of rotatable bonds is 9. The van der Waals surface area contributed by atoms with E-state index < -0.39 is 5.41 Å². The summed E-state index contributed by atoms with van der Waals surface area (Å²) in [6.45, 7) is 0. The molecule has 0 unspecified atom stereocenters. The second-order valence-corrected chi connectivity index (χ2v) is 18.6. The molecule has 71 heavy (non-hydrogen) atoms. The van der Waals surface area contributed by atoms with E-state index in [1.807, 2.05) is 0 Å². The van der Waals surface area contributed by atoms with Crippen molar-refractivity contribution in [3.05, 3.63) is 307 Å². The summed E-state index contributed by atoms with van der Waals surface area (Å²) in [6.07, 6.45) is 0. The molecule has 12 aromatic rings. The molecule has 0 radical (unpaired) electrons. The maximum Gasteiger partial charge on any atom is 0.0715 e.